The summed E-state index contributed by atoms with van der Waals surface area (Å²) < 4.78 is 5.72. The summed E-state index contributed by atoms with van der Waals surface area (Å²) in [5.41, 5.74) is 0.490. The number of benzene rings is 1. The number of amides is 1. The highest BCUT2D eigenvalue weighted by Crippen LogP contribution is 2.19. The third-order valence-corrected chi connectivity index (χ3v) is 2.58. The summed E-state index contributed by atoms with van der Waals surface area (Å²) in [6.07, 6.45) is 0. The van der Waals surface area contributed by atoms with Crippen molar-refractivity contribution in [3.05, 3.63) is 29.8 Å². The third kappa shape index (κ3) is 4.06. The van der Waals surface area contributed by atoms with Gasteiger partial charge in [0.15, 0.2) is 0 Å². The Hall–Kier alpha value is -1.51. The molecule has 0 fully saturated rings. The Morgan fingerprint density at radius 2 is 1.61 bits per heavy atom. The van der Waals surface area contributed by atoms with Crippen LogP contribution < -0.4 is 4.74 Å². The predicted molar refractivity (Wildman–Crippen MR) is 74.1 cm³/mol. The van der Waals surface area contributed by atoms with Crippen molar-refractivity contribution in [1.29, 1.82) is 0 Å². The molecular weight excluding hydrogens is 226 g/mol. The fourth-order valence-corrected chi connectivity index (χ4v) is 1.71. The molecule has 0 atom stereocenters. The van der Waals surface area contributed by atoms with Gasteiger partial charge in [-0.3, -0.25) is 4.79 Å². The van der Waals surface area contributed by atoms with E-state index in [2.05, 4.69) is 0 Å². The van der Waals surface area contributed by atoms with E-state index in [1.165, 1.54) is 0 Å². The van der Waals surface area contributed by atoms with Crippen LogP contribution in [0.4, 0.5) is 0 Å². The molecule has 0 bridgehead atoms. The maximum atomic E-state index is 12.1. The zero-order valence-corrected chi connectivity index (χ0v) is 12.0. The van der Waals surface area contributed by atoms with Crippen molar-refractivity contribution in [2.24, 2.45) is 0 Å². The van der Waals surface area contributed by atoms with Gasteiger partial charge in [-0.05, 0) is 58.9 Å². The lowest BCUT2D eigenvalue weighted by molar-refractivity contribution is 0.0773. The standard InChI is InChI=1S/C15H23NO2/c1-6-16(7-2)14(17)12-8-10-13(11-9-12)18-15(3,4)5/h8-11H,6-7H2,1-5H3. The van der Waals surface area contributed by atoms with Gasteiger partial charge in [-0.25, -0.2) is 0 Å². The summed E-state index contributed by atoms with van der Waals surface area (Å²) in [7, 11) is 0. The van der Waals surface area contributed by atoms with Gasteiger partial charge in [0.2, 0.25) is 0 Å². The molecule has 0 aliphatic rings. The van der Waals surface area contributed by atoms with E-state index >= 15 is 0 Å². The molecule has 100 valence electrons. The molecular formula is C15H23NO2. The van der Waals surface area contributed by atoms with E-state index in [1.54, 1.807) is 4.90 Å². The van der Waals surface area contributed by atoms with Crippen molar-refractivity contribution in [2.45, 2.75) is 40.2 Å². The molecule has 0 spiro atoms. The molecule has 3 nitrogen and oxygen atoms in total. The smallest absolute Gasteiger partial charge is 0.253 e. The Labute approximate surface area is 110 Å². The number of nitrogens with zero attached hydrogens (tertiary/aromatic N) is 1. The molecule has 0 saturated heterocycles. The van der Waals surface area contributed by atoms with Crippen LogP contribution in [-0.4, -0.2) is 29.5 Å². The van der Waals surface area contributed by atoms with E-state index in [0.29, 0.717) is 5.56 Å². The highest BCUT2D eigenvalue weighted by Gasteiger charge is 2.14. The number of hydrogen-bond acceptors (Lipinski definition) is 2. The van der Waals surface area contributed by atoms with Crippen molar-refractivity contribution in [3.63, 3.8) is 0 Å². The van der Waals surface area contributed by atoms with Crippen LogP contribution in [0.3, 0.4) is 0 Å². The van der Waals surface area contributed by atoms with Gasteiger partial charge in [-0.1, -0.05) is 0 Å². The highest BCUT2D eigenvalue weighted by atomic mass is 16.5. The fraction of sp³-hybridized carbons (Fsp3) is 0.533. The summed E-state index contributed by atoms with van der Waals surface area (Å²) in [6, 6.07) is 7.34. The molecule has 0 saturated carbocycles. The zero-order chi connectivity index (χ0) is 13.8. The van der Waals surface area contributed by atoms with Crippen LogP contribution in [0.5, 0.6) is 5.75 Å². The first-order valence-corrected chi connectivity index (χ1v) is 6.45. The lowest BCUT2D eigenvalue weighted by Crippen LogP contribution is -2.30. The van der Waals surface area contributed by atoms with E-state index in [1.807, 2.05) is 58.9 Å². The molecule has 18 heavy (non-hydrogen) atoms. The second kappa shape index (κ2) is 5.89. The maximum Gasteiger partial charge on any atom is 0.253 e. The number of ether oxygens (including phenoxy) is 1. The van der Waals surface area contributed by atoms with Crippen molar-refractivity contribution >= 4 is 5.91 Å². The summed E-state index contributed by atoms with van der Waals surface area (Å²) in [5.74, 6) is 0.862. The van der Waals surface area contributed by atoms with Gasteiger partial charge in [-0.2, -0.15) is 0 Å². The lowest BCUT2D eigenvalue weighted by atomic mass is 10.1. The number of hydrogen-bond donors (Lipinski definition) is 0. The first-order valence-electron chi connectivity index (χ1n) is 6.45. The average molecular weight is 249 g/mol. The average Bonchev–Trinajstić information content (AvgIpc) is 2.29. The summed E-state index contributed by atoms with van der Waals surface area (Å²) in [6.45, 7) is 11.4. The summed E-state index contributed by atoms with van der Waals surface area (Å²) in [5, 5.41) is 0. The Morgan fingerprint density at radius 1 is 1.11 bits per heavy atom. The quantitative estimate of drug-likeness (QED) is 0.819. The number of carbonyl (C=O) groups excluding carboxylic acids is 1. The first-order chi connectivity index (χ1) is 8.37. The molecule has 3 heteroatoms. The molecule has 0 aliphatic carbocycles. The van der Waals surface area contributed by atoms with Gasteiger partial charge < -0.3 is 9.64 Å². The second-order valence-electron chi connectivity index (χ2n) is 5.22. The molecule has 0 aromatic heterocycles. The molecule has 1 aromatic rings. The van der Waals surface area contributed by atoms with E-state index in [-0.39, 0.29) is 11.5 Å². The fourth-order valence-electron chi connectivity index (χ4n) is 1.71. The topological polar surface area (TPSA) is 29.5 Å². The Bertz CT molecular complexity index is 386. The highest BCUT2D eigenvalue weighted by molar-refractivity contribution is 5.94. The van der Waals surface area contributed by atoms with Gasteiger partial charge in [0.25, 0.3) is 5.91 Å². The van der Waals surface area contributed by atoms with E-state index in [9.17, 15) is 4.79 Å². The van der Waals surface area contributed by atoms with Gasteiger partial charge in [-0.15, -0.1) is 0 Å². The van der Waals surface area contributed by atoms with Crippen LogP contribution >= 0.6 is 0 Å². The zero-order valence-electron chi connectivity index (χ0n) is 12.0. The largest absolute Gasteiger partial charge is 0.488 e. The Morgan fingerprint density at radius 3 is 2.00 bits per heavy atom. The van der Waals surface area contributed by atoms with E-state index in [4.69, 9.17) is 4.74 Å². The minimum Gasteiger partial charge on any atom is -0.488 e. The third-order valence-electron chi connectivity index (χ3n) is 2.58. The van der Waals surface area contributed by atoms with E-state index < -0.39 is 0 Å². The SMILES string of the molecule is CCN(CC)C(=O)c1ccc(OC(C)(C)C)cc1. The Kier molecular flexibility index (Phi) is 4.76. The van der Waals surface area contributed by atoms with Crippen LogP contribution in [0.2, 0.25) is 0 Å². The molecule has 1 aromatic carbocycles. The minimum absolute atomic E-state index is 0.0716. The van der Waals surface area contributed by atoms with Crippen molar-refractivity contribution < 1.29 is 9.53 Å². The molecule has 0 unspecified atom stereocenters. The summed E-state index contributed by atoms with van der Waals surface area (Å²) >= 11 is 0. The summed E-state index contributed by atoms with van der Waals surface area (Å²) in [4.78, 5) is 13.9. The molecule has 0 radical (unpaired) electrons. The maximum absolute atomic E-state index is 12.1. The minimum atomic E-state index is -0.218. The van der Waals surface area contributed by atoms with Crippen molar-refractivity contribution in [1.82, 2.24) is 4.90 Å². The Balaban J connectivity index is 2.79. The molecule has 0 heterocycles. The van der Waals surface area contributed by atoms with Crippen LogP contribution in [0.15, 0.2) is 24.3 Å². The van der Waals surface area contributed by atoms with Gasteiger partial charge in [0.05, 0.1) is 0 Å². The normalized spacial score (nSPS) is 11.2. The van der Waals surface area contributed by atoms with Crippen LogP contribution in [0.25, 0.3) is 0 Å². The van der Waals surface area contributed by atoms with Crippen molar-refractivity contribution in [2.75, 3.05) is 13.1 Å². The number of rotatable bonds is 4. The van der Waals surface area contributed by atoms with Crippen LogP contribution in [0, 0.1) is 0 Å². The molecule has 0 N–H and O–H groups in total. The van der Waals surface area contributed by atoms with E-state index in [0.717, 1.165) is 18.8 Å². The van der Waals surface area contributed by atoms with Crippen molar-refractivity contribution in [3.8, 4) is 5.75 Å². The lowest BCUT2D eigenvalue weighted by Gasteiger charge is -2.22. The van der Waals surface area contributed by atoms with Gasteiger partial charge in [0, 0.05) is 18.7 Å². The molecule has 1 amide bonds. The second-order valence-corrected chi connectivity index (χ2v) is 5.22. The van der Waals surface area contributed by atoms with Gasteiger partial charge in [0.1, 0.15) is 11.4 Å². The molecule has 0 aliphatic heterocycles. The number of carbonyl (C=O) groups is 1. The first kappa shape index (κ1) is 14.6. The van der Waals surface area contributed by atoms with Crippen LogP contribution in [-0.2, 0) is 0 Å². The molecule has 1 rings (SSSR count). The monoisotopic (exact) mass is 249 g/mol. The van der Waals surface area contributed by atoms with Crippen LogP contribution in [0.1, 0.15) is 45.0 Å². The van der Waals surface area contributed by atoms with Gasteiger partial charge >= 0.3 is 0 Å². The predicted octanol–water partition coefficient (Wildman–Crippen LogP) is 3.35.